The van der Waals surface area contributed by atoms with Crippen molar-refractivity contribution in [3.8, 4) is 23.0 Å². The molecule has 1 saturated heterocycles. The summed E-state index contributed by atoms with van der Waals surface area (Å²) in [5.74, 6) is -1.71. The van der Waals surface area contributed by atoms with Crippen LogP contribution in [0.2, 0.25) is 0 Å². The number of methoxy groups -OCH3 is 1. The van der Waals surface area contributed by atoms with Crippen LogP contribution in [-0.4, -0.2) is 43.6 Å². The van der Waals surface area contributed by atoms with Crippen LogP contribution < -0.4 is 30.2 Å². The van der Waals surface area contributed by atoms with E-state index >= 15 is 0 Å². The number of hydrogen-bond acceptors (Lipinski definition) is 7. The van der Waals surface area contributed by atoms with Gasteiger partial charge in [-0.05, 0) is 80.4 Å². The number of nitrogens with zero attached hydrogens (tertiary/aromatic N) is 1. The second-order valence-electron chi connectivity index (χ2n) is 9.47. The lowest BCUT2D eigenvalue weighted by Crippen LogP contribution is -2.30. The number of fused-ring (bicyclic) bond motifs is 1. The van der Waals surface area contributed by atoms with Crippen LogP contribution in [0.4, 0.5) is 20.2 Å². The van der Waals surface area contributed by atoms with Crippen molar-refractivity contribution >= 4 is 34.1 Å². The lowest BCUT2D eigenvalue weighted by atomic mass is 9.99. The molecule has 3 aromatic carbocycles. The van der Waals surface area contributed by atoms with E-state index in [1.807, 2.05) is 0 Å². The fourth-order valence-electron chi connectivity index (χ4n) is 4.53. The summed E-state index contributed by atoms with van der Waals surface area (Å²) < 4.78 is 45.9. The molecule has 11 heteroatoms. The third-order valence-corrected chi connectivity index (χ3v) is 6.63. The van der Waals surface area contributed by atoms with E-state index in [1.165, 1.54) is 43.6 Å². The Morgan fingerprint density at radius 3 is 2.37 bits per heavy atom. The molecule has 212 valence electrons. The number of anilines is 2. The number of rotatable bonds is 8. The SMILES string of the molecule is COc1c(OCC2CCNCC2)ccc2c(Oc3ccc(NC(=O)C(=O)Nc4cccc(F)c4)cc3F)ccnc12. The Balaban J connectivity index is 1.28. The van der Waals surface area contributed by atoms with Gasteiger partial charge in [0, 0.05) is 29.0 Å². The quantitative estimate of drug-likeness (QED) is 0.251. The first-order valence-electron chi connectivity index (χ1n) is 13.1. The van der Waals surface area contributed by atoms with Gasteiger partial charge in [0.15, 0.2) is 23.1 Å². The summed E-state index contributed by atoms with van der Waals surface area (Å²) in [5.41, 5.74) is 0.647. The molecule has 1 aliphatic heterocycles. The summed E-state index contributed by atoms with van der Waals surface area (Å²) in [5, 5.41) is 8.52. The second-order valence-corrected chi connectivity index (χ2v) is 9.47. The van der Waals surface area contributed by atoms with Crippen molar-refractivity contribution in [2.45, 2.75) is 12.8 Å². The molecule has 0 bridgehead atoms. The smallest absolute Gasteiger partial charge is 0.314 e. The standard InChI is InChI=1S/C30H28F2N4O5/c1-39-28-26(40-17-18-9-12-33-13-10-18)8-6-22-24(11-14-34-27(22)28)41-25-7-5-21(16-23(25)32)36-30(38)29(37)35-20-4-2-3-19(31)15-20/h2-8,11,14-16,18,33H,9-10,12-13,17H2,1H3,(H,35,37)(H,36,38). The Kier molecular flexibility index (Phi) is 8.54. The highest BCUT2D eigenvalue weighted by Gasteiger charge is 2.19. The minimum Gasteiger partial charge on any atom is -0.491 e. The van der Waals surface area contributed by atoms with Crippen LogP contribution in [0, 0.1) is 17.6 Å². The highest BCUT2D eigenvalue weighted by Crippen LogP contribution is 2.40. The molecule has 9 nitrogen and oxygen atoms in total. The summed E-state index contributed by atoms with van der Waals surface area (Å²) in [6.45, 7) is 2.52. The second kappa shape index (κ2) is 12.6. The van der Waals surface area contributed by atoms with E-state index in [-0.39, 0.29) is 17.1 Å². The molecule has 0 spiro atoms. The number of halogens is 2. The van der Waals surface area contributed by atoms with Gasteiger partial charge in [-0.1, -0.05) is 6.07 Å². The van der Waals surface area contributed by atoms with E-state index in [0.717, 1.165) is 38.1 Å². The highest BCUT2D eigenvalue weighted by molar-refractivity contribution is 6.43. The minimum absolute atomic E-state index is 0.0334. The maximum Gasteiger partial charge on any atom is 0.314 e. The maximum absolute atomic E-state index is 15.0. The van der Waals surface area contributed by atoms with Gasteiger partial charge in [0.1, 0.15) is 17.1 Å². The molecule has 41 heavy (non-hydrogen) atoms. The Bertz CT molecular complexity index is 1580. The maximum atomic E-state index is 15.0. The summed E-state index contributed by atoms with van der Waals surface area (Å²) in [6.07, 6.45) is 3.62. The number of ether oxygens (including phenoxy) is 3. The minimum atomic E-state index is -1.05. The van der Waals surface area contributed by atoms with E-state index in [0.29, 0.717) is 40.7 Å². The van der Waals surface area contributed by atoms with E-state index < -0.39 is 23.4 Å². The summed E-state index contributed by atoms with van der Waals surface area (Å²) >= 11 is 0. The molecule has 4 aromatic rings. The predicted octanol–water partition coefficient (Wildman–Crippen LogP) is 5.27. The average molecular weight is 563 g/mol. The lowest BCUT2D eigenvalue weighted by Gasteiger charge is -2.23. The largest absolute Gasteiger partial charge is 0.491 e. The fourth-order valence-corrected chi connectivity index (χ4v) is 4.53. The zero-order chi connectivity index (χ0) is 28.8. The normalized spacial score (nSPS) is 13.4. The van der Waals surface area contributed by atoms with Gasteiger partial charge < -0.3 is 30.2 Å². The van der Waals surface area contributed by atoms with Crippen molar-refractivity contribution in [2.75, 3.05) is 37.4 Å². The molecule has 1 fully saturated rings. The zero-order valence-electron chi connectivity index (χ0n) is 22.2. The Morgan fingerprint density at radius 1 is 0.927 bits per heavy atom. The van der Waals surface area contributed by atoms with Crippen molar-refractivity contribution in [1.29, 1.82) is 0 Å². The molecule has 2 amide bonds. The summed E-state index contributed by atoms with van der Waals surface area (Å²) in [7, 11) is 1.53. The van der Waals surface area contributed by atoms with Crippen LogP contribution in [0.25, 0.3) is 10.9 Å². The van der Waals surface area contributed by atoms with Gasteiger partial charge in [-0.2, -0.15) is 0 Å². The molecule has 0 aliphatic carbocycles. The predicted molar refractivity (Wildman–Crippen MR) is 150 cm³/mol. The van der Waals surface area contributed by atoms with Crippen LogP contribution >= 0.6 is 0 Å². The first-order chi connectivity index (χ1) is 19.9. The lowest BCUT2D eigenvalue weighted by molar-refractivity contribution is -0.133. The van der Waals surface area contributed by atoms with Crippen molar-refractivity contribution in [1.82, 2.24) is 10.3 Å². The monoisotopic (exact) mass is 562 g/mol. The zero-order valence-corrected chi connectivity index (χ0v) is 22.2. The third kappa shape index (κ3) is 6.69. The van der Waals surface area contributed by atoms with Crippen LogP contribution in [0.3, 0.4) is 0 Å². The molecule has 0 unspecified atom stereocenters. The van der Waals surface area contributed by atoms with Crippen molar-refractivity contribution < 1.29 is 32.6 Å². The number of amides is 2. The van der Waals surface area contributed by atoms with Crippen molar-refractivity contribution in [3.63, 3.8) is 0 Å². The molecule has 1 aliphatic rings. The number of nitrogens with one attached hydrogen (secondary N) is 3. The van der Waals surface area contributed by atoms with Gasteiger partial charge in [0.05, 0.1) is 13.7 Å². The molecule has 3 N–H and O–H groups in total. The van der Waals surface area contributed by atoms with Crippen LogP contribution in [0.1, 0.15) is 12.8 Å². The van der Waals surface area contributed by atoms with Gasteiger partial charge in [0.25, 0.3) is 0 Å². The van der Waals surface area contributed by atoms with E-state index in [1.54, 1.807) is 18.2 Å². The number of carbonyl (C=O) groups excluding carboxylic acids is 2. The Labute approximate surface area is 234 Å². The average Bonchev–Trinajstić information content (AvgIpc) is 2.97. The summed E-state index contributed by atoms with van der Waals surface area (Å²) in [4.78, 5) is 28.8. The first-order valence-corrected chi connectivity index (χ1v) is 13.1. The number of benzene rings is 3. The van der Waals surface area contributed by atoms with Crippen molar-refractivity contribution in [2.24, 2.45) is 5.92 Å². The van der Waals surface area contributed by atoms with E-state index in [2.05, 4.69) is 20.9 Å². The molecule has 0 saturated carbocycles. The highest BCUT2D eigenvalue weighted by atomic mass is 19.1. The van der Waals surface area contributed by atoms with Gasteiger partial charge in [-0.25, -0.2) is 8.78 Å². The first kappa shape index (κ1) is 27.8. The fraction of sp³-hybridized carbons (Fsp3) is 0.233. The number of piperidine rings is 1. The van der Waals surface area contributed by atoms with Crippen LogP contribution in [0.5, 0.6) is 23.0 Å². The number of hydrogen-bond donors (Lipinski definition) is 3. The molecular weight excluding hydrogens is 534 g/mol. The third-order valence-electron chi connectivity index (χ3n) is 6.63. The number of pyridine rings is 1. The van der Waals surface area contributed by atoms with Crippen molar-refractivity contribution in [3.05, 3.63) is 78.5 Å². The van der Waals surface area contributed by atoms with Crippen LogP contribution in [0.15, 0.2) is 66.9 Å². The molecule has 2 heterocycles. The van der Waals surface area contributed by atoms with Gasteiger partial charge in [0.2, 0.25) is 0 Å². The Hall–Kier alpha value is -4.77. The molecule has 5 rings (SSSR count). The van der Waals surface area contributed by atoms with E-state index in [4.69, 9.17) is 14.2 Å². The molecule has 0 atom stereocenters. The molecule has 1 aromatic heterocycles. The van der Waals surface area contributed by atoms with Gasteiger partial charge in [-0.15, -0.1) is 0 Å². The molecular formula is C30H28F2N4O5. The number of aromatic nitrogens is 1. The topological polar surface area (TPSA) is 111 Å². The summed E-state index contributed by atoms with van der Waals surface area (Å²) in [6, 6.07) is 14.0. The van der Waals surface area contributed by atoms with Gasteiger partial charge >= 0.3 is 11.8 Å². The molecule has 0 radical (unpaired) electrons. The Morgan fingerprint density at radius 2 is 1.66 bits per heavy atom. The van der Waals surface area contributed by atoms with E-state index in [9.17, 15) is 18.4 Å². The number of carbonyl (C=O) groups is 2. The van der Waals surface area contributed by atoms with Gasteiger partial charge in [-0.3, -0.25) is 14.6 Å². The van der Waals surface area contributed by atoms with Crippen LogP contribution in [-0.2, 0) is 9.59 Å².